The van der Waals surface area contributed by atoms with Gasteiger partial charge in [0.1, 0.15) is 18.1 Å². The van der Waals surface area contributed by atoms with Crippen molar-refractivity contribution in [1.29, 1.82) is 0 Å². The summed E-state index contributed by atoms with van der Waals surface area (Å²) in [6.07, 6.45) is 0.927. The van der Waals surface area contributed by atoms with E-state index in [2.05, 4.69) is 22.0 Å². The predicted octanol–water partition coefficient (Wildman–Crippen LogP) is 3.76. The molecule has 1 amide bonds. The molecule has 6 nitrogen and oxygen atoms in total. The van der Waals surface area contributed by atoms with Crippen LogP contribution >= 0.6 is 11.6 Å². The third kappa shape index (κ3) is 6.90. The third-order valence-electron chi connectivity index (χ3n) is 4.96. The lowest BCUT2D eigenvalue weighted by Crippen LogP contribution is -2.49. The quantitative estimate of drug-likeness (QED) is 0.620. The molecular formula is C23H30ClN3O3. The van der Waals surface area contributed by atoms with Crippen LogP contribution in [0.25, 0.3) is 0 Å². The summed E-state index contributed by atoms with van der Waals surface area (Å²) in [6.45, 7) is 8.04. The van der Waals surface area contributed by atoms with E-state index in [9.17, 15) is 4.79 Å². The van der Waals surface area contributed by atoms with Gasteiger partial charge >= 0.3 is 0 Å². The molecule has 2 aromatic carbocycles. The maximum Gasteiger partial charge on any atom is 0.238 e. The van der Waals surface area contributed by atoms with Gasteiger partial charge in [-0.1, -0.05) is 42.8 Å². The number of rotatable bonds is 10. The molecule has 3 rings (SSSR count). The van der Waals surface area contributed by atoms with E-state index < -0.39 is 0 Å². The molecule has 1 saturated heterocycles. The number of carbonyl (C=O) groups is 1. The molecule has 1 aliphatic rings. The summed E-state index contributed by atoms with van der Waals surface area (Å²) in [5, 5.41) is 3.62. The first-order valence-corrected chi connectivity index (χ1v) is 10.9. The number of nitrogens with one attached hydrogen (secondary N) is 1. The fourth-order valence-corrected chi connectivity index (χ4v) is 3.51. The van der Waals surface area contributed by atoms with Gasteiger partial charge in [0.05, 0.1) is 23.9 Å². The monoisotopic (exact) mass is 431 g/mol. The minimum absolute atomic E-state index is 0.0157. The molecule has 1 aliphatic heterocycles. The zero-order valence-corrected chi connectivity index (χ0v) is 18.2. The Morgan fingerprint density at radius 1 is 0.933 bits per heavy atom. The van der Waals surface area contributed by atoms with Crippen LogP contribution in [0.2, 0.25) is 5.02 Å². The summed E-state index contributed by atoms with van der Waals surface area (Å²) in [5.74, 6) is 1.42. The van der Waals surface area contributed by atoms with Gasteiger partial charge in [0.2, 0.25) is 5.91 Å². The number of amides is 1. The molecular weight excluding hydrogens is 402 g/mol. The van der Waals surface area contributed by atoms with Crippen molar-refractivity contribution in [3.8, 4) is 11.5 Å². The summed E-state index contributed by atoms with van der Waals surface area (Å²) in [7, 11) is 0. The SMILES string of the molecule is CCCOc1ccccc1NC(=O)CN1CCN(CCOc2ccccc2Cl)CC1. The van der Waals surface area contributed by atoms with Gasteiger partial charge < -0.3 is 14.8 Å². The third-order valence-corrected chi connectivity index (χ3v) is 5.27. The minimum Gasteiger partial charge on any atom is -0.491 e. The summed E-state index contributed by atoms with van der Waals surface area (Å²) in [5.41, 5.74) is 0.728. The van der Waals surface area contributed by atoms with E-state index in [0.717, 1.165) is 56.3 Å². The molecule has 0 spiro atoms. The van der Waals surface area contributed by atoms with Crippen LogP contribution in [-0.4, -0.2) is 68.2 Å². The van der Waals surface area contributed by atoms with Gasteiger partial charge in [0.15, 0.2) is 0 Å². The van der Waals surface area contributed by atoms with Crippen molar-refractivity contribution in [2.75, 3.05) is 57.8 Å². The average Bonchev–Trinajstić information content (AvgIpc) is 2.76. The number of ether oxygens (including phenoxy) is 2. The average molecular weight is 432 g/mol. The number of halogens is 1. The number of para-hydroxylation sites is 3. The number of anilines is 1. The second-order valence-corrected chi connectivity index (χ2v) is 7.70. The minimum atomic E-state index is -0.0157. The number of nitrogens with zero attached hydrogens (tertiary/aromatic N) is 2. The summed E-state index contributed by atoms with van der Waals surface area (Å²) >= 11 is 6.12. The van der Waals surface area contributed by atoms with E-state index >= 15 is 0 Å². The van der Waals surface area contributed by atoms with Crippen molar-refractivity contribution in [2.45, 2.75) is 13.3 Å². The highest BCUT2D eigenvalue weighted by atomic mass is 35.5. The number of benzene rings is 2. The van der Waals surface area contributed by atoms with Gasteiger partial charge in [-0.15, -0.1) is 0 Å². The molecule has 162 valence electrons. The van der Waals surface area contributed by atoms with Crippen LogP contribution in [0, 0.1) is 0 Å². The zero-order valence-electron chi connectivity index (χ0n) is 17.5. The lowest BCUT2D eigenvalue weighted by molar-refractivity contribution is -0.117. The highest BCUT2D eigenvalue weighted by molar-refractivity contribution is 6.32. The zero-order chi connectivity index (χ0) is 21.2. The first-order valence-electron chi connectivity index (χ1n) is 10.5. The fraction of sp³-hybridized carbons (Fsp3) is 0.435. The number of hydrogen-bond donors (Lipinski definition) is 1. The summed E-state index contributed by atoms with van der Waals surface area (Å²) in [6, 6.07) is 15.1. The smallest absolute Gasteiger partial charge is 0.238 e. The molecule has 0 aliphatic carbocycles. The van der Waals surface area contributed by atoms with Gasteiger partial charge in [-0.3, -0.25) is 14.6 Å². The van der Waals surface area contributed by atoms with Gasteiger partial charge in [0, 0.05) is 32.7 Å². The molecule has 0 unspecified atom stereocenters. The van der Waals surface area contributed by atoms with Crippen LogP contribution in [-0.2, 0) is 4.79 Å². The molecule has 0 atom stereocenters. The van der Waals surface area contributed by atoms with Crippen molar-refractivity contribution >= 4 is 23.2 Å². The van der Waals surface area contributed by atoms with Gasteiger partial charge in [0.25, 0.3) is 0 Å². The number of carbonyl (C=O) groups excluding carboxylic acids is 1. The highest BCUT2D eigenvalue weighted by Crippen LogP contribution is 2.24. The van der Waals surface area contributed by atoms with Crippen molar-refractivity contribution < 1.29 is 14.3 Å². The fourth-order valence-electron chi connectivity index (χ4n) is 3.32. The Morgan fingerprint density at radius 3 is 2.30 bits per heavy atom. The molecule has 2 aromatic rings. The Labute approximate surface area is 183 Å². The standard InChI is InChI=1S/C23H30ClN3O3/c1-2-16-29-22-10-6-4-8-20(22)25-23(28)18-27-13-11-26(12-14-27)15-17-30-21-9-5-3-7-19(21)24/h3-10H,2,11-18H2,1H3,(H,25,28). The van der Waals surface area contributed by atoms with E-state index in [4.69, 9.17) is 21.1 Å². The first-order chi connectivity index (χ1) is 14.7. The largest absolute Gasteiger partial charge is 0.491 e. The normalized spacial score (nSPS) is 15.0. The van der Waals surface area contributed by atoms with Gasteiger partial charge in [-0.2, -0.15) is 0 Å². The second-order valence-electron chi connectivity index (χ2n) is 7.29. The van der Waals surface area contributed by atoms with Crippen LogP contribution < -0.4 is 14.8 Å². The van der Waals surface area contributed by atoms with E-state index in [1.54, 1.807) is 0 Å². The van der Waals surface area contributed by atoms with Crippen molar-refractivity contribution in [3.05, 3.63) is 53.6 Å². The maximum atomic E-state index is 12.5. The molecule has 1 N–H and O–H groups in total. The molecule has 1 fully saturated rings. The van der Waals surface area contributed by atoms with E-state index in [1.165, 1.54) is 0 Å². The van der Waals surface area contributed by atoms with Crippen molar-refractivity contribution in [1.82, 2.24) is 9.80 Å². The molecule has 0 bridgehead atoms. The van der Waals surface area contributed by atoms with Crippen molar-refractivity contribution in [3.63, 3.8) is 0 Å². The molecule has 7 heteroatoms. The Balaban J connectivity index is 1.37. The maximum absolute atomic E-state index is 12.5. The molecule has 0 radical (unpaired) electrons. The van der Waals surface area contributed by atoms with Crippen LogP contribution in [0.1, 0.15) is 13.3 Å². The summed E-state index contributed by atoms with van der Waals surface area (Å²) < 4.78 is 11.5. The lowest BCUT2D eigenvalue weighted by atomic mass is 10.2. The Kier molecular flexibility index (Phi) is 8.81. The second kappa shape index (κ2) is 11.8. The molecule has 0 aromatic heterocycles. The van der Waals surface area contributed by atoms with E-state index in [0.29, 0.717) is 24.8 Å². The van der Waals surface area contributed by atoms with Crippen LogP contribution in [0.15, 0.2) is 48.5 Å². The predicted molar refractivity (Wildman–Crippen MR) is 121 cm³/mol. The highest BCUT2D eigenvalue weighted by Gasteiger charge is 2.19. The van der Waals surface area contributed by atoms with Crippen LogP contribution in [0.4, 0.5) is 5.69 Å². The molecule has 30 heavy (non-hydrogen) atoms. The number of piperazine rings is 1. The first kappa shape index (κ1) is 22.4. The van der Waals surface area contributed by atoms with Crippen LogP contribution in [0.5, 0.6) is 11.5 Å². The molecule has 1 heterocycles. The summed E-state index contributed by atoms with van der Waals surface area (Å²) in [4.78, 5) is 17.0. The van der Waals surface area contributed by atoms with Gasteiger partial charge in [-0.25, -0.2) is 0 Å². The van der Waals surface area contributed by atoms with E-state index in [1.807, 2.05) is 48.5 Å². The van der Waals surface area contributed by atoms with E-state index in [-0.39, 0.29) is 5.91 Å². The van der Waals surface area contributed by atoms with Crippen LogP contribution in [0.3, 0.4) is 0 Å². The number of hydrogen-bond acceptors (Lipinski definition) is 5. The topological polar surface area (TPSA) is 54.0 Å². The Morgan fingerprint density at radius 2 is 1.57 bits per heavy atom. The molecule has 0 saturated carbocycles. The Hall–Kier alpha value is -2.28. The van der Waals surface area contributed by atoms with Gasteiger partial charge in [-0.05, 0) is 30.7 Å². The Bertz CT molecular complexity index is 810. The lowest BCUT2D eigenvalue weighted by Gasteiger charge is -2.34. The van der Waals surface area contributed by atoms with Crippen molar-refractivity contribution in [2.24, 2.45) is 0 Å².